The molecule has 0 aliphatic carbocycles. The van der Waals surface area contributed by atoms with Gasteiger partial charge in [0.15, 0.2) is 0 Å². The van der Waals surface area contributed by atoms with Crippen molar-refractivity contribution in [1.82, 2.24) is 5.23 Å². The summed E-state index contributed by atoms with van der Waals surface area (Å²) in [6, 6.07) is 0. The van der Waals surface area contributed by atoms with Gasteiger partial charge in [-0.25, -0.2) is 9.68 Å². The van der Waals surface area contributed by atoms with Crippen molar-refractivity contribution in [2.24, 2.45) is 5.92 Å². The van der Waals surface area contributed by atoms with Crippen LogP contribution in [0.2, 0.25) is 0 Å². The lowest BCUT2D eigenvalue weighted by Gasteiger charge is -2.20. The van der Waals surface area contributed by atoms with Gasteiger partial charge in [-0.2, -0.15) is 0 Å². The molecule has 1 amide bonds. The van der Waals surface area contributed by atoms with E-state index in [0.29, 0.717) is 38.4 Å². The van der Waals surface area contributed by atoms with Gasteiger partial charge in [-0.05, 0) is 25.7 Å². The molecule has 0 bridgehead atoms. The van der Waals surface area contributed by atoms with Crippen LogP contribution in [0.5, 0.6) is 0 Å². The molecule has 0 rings (SSSR count). The minimum atomic E-state index is -0.773. The first-order valence-electron chi connectivity index (χ1n) is 7.28. The van der Waals surface area contributed by atoms with Gasteiger partial charge in [0, 0.05) is 12.8 Å². The highest BCUT2D eigenvalue weighted by atomic mass is 17.0. The van der Waals surface area contributed by atoms with E-state index >= 15 is 0 Å². The minimum Gasteiger partial charge on any atom is -0.481 e. The maximum atomic E-state index is 11.9. The largest absolute Gasteiger partial charge is 0.481 e. The Kier molecular flexibility index (Phi) is 11.0. The fourth-order valence-electron chi connectivity index (χ4n) is 1.51. The van der Waals surface area contributed by atoms with Crippen LogP contribution in [-0.2, 0) is 19.3 Å². The summed E-state index contributed by atoms with van der Waals surface area (Å²) in [6.07, 6.45) is 3.57. The molecule has 0 aromatic carbocycles. The summed E-state index contributed by atoms with van der Waals surface area (Å²) in [7, 11) is 0. The smallest absolute Gasteiger partial charge is 0.303 e. The molecular weight excluding hydrogens is 262 g/mol. The first-order chi connectivity index (χ1) is 9.47. The SMILES string of the molecule is CCON(OCC(C)C)C(=O)CCCCCCC(=O)O. The van der Waals surface area contributed by atoms with Crippen LogP contribution in [0.25, 0.3) is 0 Å². The summed E-state index contributed by atoms with van der Waals surface area (Å²) in [5.74, 6) is -0.641. The second kappa shape index (κ2) is 11.7. The zero-order chi connectivity index (χ0) is 15.4. The molecule has 0 heterocycles. The molecule has 0 radical (unpaired) electrons. The maximum absolute atomic E-state index is 11.9. The molecule has 0 aliphatic heterocycles. The summed E-state index contributed by atoms with van der Waals surface area (Å²) in [5.41, 5.74) is 0. The predicted octanol–water partition coefficient (Wildman–Crippen LogP) is 2.78. The standard InChI is InChI=1S/C14H27NO5/c1-4-19-15(20-11-12(2)3)13(16)9-7-5-6-8-10-14(17)18/h12H,4-11H2,1-3H3,(H,17,18). The maximum Gasteiger partial charge on any atom is 0.303 e. The lowest BCUT2D eigenvalue weighted by molar-refractivity contribution is -0.343. The van der Waals surface area contributed by atoms with E-state index in [0.717, 1.165) is 18.1 Å². The van der Waals surface area contributed by atoms with Crippen LogP contribution in [-0.4, -0.2) is 35.4 Å². The Morgan fingerprint density at radius 3 is 2.15 bits per heavy atom. The fourth-order valence-corrected chi connectivity index (χ4v) is 1.51. The van der Waals surface area contributed by atoms with Crippen molar-refractivity contribution in [2.75, 3.05) is 13.2 Å². The van der Waals surface area contributed by atoms with Gasteiger partial charge in [0.05, 0.1) is 13.2 Å². The van der Waals surface area contributed by atoms with Gasteiger partial charge in [-0.15, -0.1) is 0 Å². The van der Waals surface area contributed by atoms with E-state index in [4.69, 9.17) is 14.8 Å². The summed E-state index contributed by atoms with van der Waals surface area (Å²) in [6.45, 7) is 6.60. The topological polar surface area (TPSA) is 76.1 Å². The number of hydrogen-bond donors (Lipinski definition) is 1. The average molecular weight is 289 g/mol. The van der Waals surface area contributed by atoms with Crippen molar-refractivity contribution in [3.05, 3.63) is 0 Å². The third kappa shape index (κ3) is 10.8. The second-order valence-electron chi connectivity index (χ2n) is 5.07. The number of carbonyl (C=O) groups excluding carboxylic acids is 1. The van der Waals surface area contributed by atoms with Crippen molar-refractivity contribution in [3.8, 4) is 0 Å². The monoisotopic (exact) mass is 289 g/mol. The molecule has 1 N–H and O–H groups in total. The highest BCUT2D eigenvalue weighted by molar-refractivity contribution is 5.73. The quantitative estimate of drug-likeness (QED) is 0.441. The summed E-state index contributed by atoms with van der Waals surface area (Å²) < 4.78 is 0. The molecule has 0 unspecified atom stereocenters. The second-order valence-corrected chi connectivity index (χ2v) is 5.07. The molecule has 0 aliphatic rings. The number of carbonyl (C=O) groups is 2. The summed E-state index contributed by atoms with van der Waals surface area (Å²) in [4.78, 5) is 32.6. The molecule has 6 nitrogen and oxygen atoms in total. The number of amides is 1. The molecular formula is C14H27NO5. The summed E-state index contributed by atoms with van der Waals surface area (Å²) >= 11 is 0. The van der Waals surface area contributed by atoms with Gasteiger partial charge in [0.1, 0.15) is 0 Å². The van der Waals surface area contributed by atoms with Crippen LogP contribution in [0.1, 0.15) is 59.3 Å². The average Bonchev–Trinajstić information content (AvgIpc) is 2.37. The molecule has 0 aromatic heterocycles. The van der Waals surface area contributed by atoms with Gasteiger partial charge in [-0.1, -0.05) is 31.9 Å². The number of nitrogens with zero attached hydrogens (tertiary/aromatic N) is 1. The van der Waals surface area contributed by atoms with Crippen molar-refractivity contribution >= 4 is 11.9 Å². The van der Waals surface area contributed by atoms with Crippen molar-refractivity contribution < 1.29 is 24.4 Å². The Labute approximate surface area is 120 Å². The van der Waals surface area contributed by atoms with Gasteiger partial charge in [0.25, 0.3) is 5.91 Å². The number of aliphatic carboxylic acids is 1. The lowest BCUT2D eigenvalue weighted by Crippen LogP contribution is -2.32. The molecule has 0 atom stereocenters. The molecule has 0 saturated carbocycles. The summed E-state index contributed by atoms with van der Waals surface area (Å²) in [5, 5.41) is 9.48. The Morgan fingerprint density at radius 2 is 1.65 bits per heavy atom. The minimum absolute atomic E-state index is 0.189. The number of rotatable bonds is 12. The number of carboxylic acids is 1. The predicted molar refractivity (Wildman–Crippen MR) is 74.6 cm³/mol. The zero-order valence-corrected chi connectivity index (χ0v) is 12.8. The van der Waals surface area contributed by atoms with E-state index in [9.17, 15) is 9.59 Å². The molecule has 118 valence electrons. The van der Waals surface area contributed by atoms with E-state index in [1.807, 2.05) is 13.8 Å². The lowest BCUT2D eigenvalue weighted by atomic mass is 10.1. The molecule has 0 spiro atoms. The molecule has 20 heavy (non-hydrogen) atoms. The van der Waals surface area contributed by atoms with E-state index < -0.39 is 5.97 Å². The van der Waals surface area contributed by atoms with Crippen molar-refractivity contribution in [1.29, 1.82) is 0 Å². The fraction of sp³-hybridized carbons (Fsp3) is 0.857. The van der Waals surface area contributed by atoms with Crippen molar-refractivity contribution in [3.63, 3.8) is 0 Å². The third-order valence-electron chi connectivity index (χ3n) is 2.51. The first kappa shape index (κ1) is 18.9. The number of hydrogen-bond acceptors (Lipinski definition) is 4. The van der Waals surface area contributed by atoms with Gasteiger partial charge in [0.2, 0.25) is 0 Å². The molecule has 6 heteroatoms. The number of unbranched alkanes of at least 4 members (excludes halogenated alkanes) is 3. The van der Waals surface area contributed by atoms with Crippen LogP contribution in [0.4, 0.5) is 0 Å². The van der Waals surface area contributed by atoms with E-state index in [1.165, 1.54) is 0 Å². The van der Waals surface area contributed by atoms with Crippen LogP contribution in [0, 0.1) is 5.92 Å². The highest BCUT2D eigenvalue weighted by Crippen LogP contribution is 2.09. The Morgan fingerprint density at radius 1 is 1.05 bits per heavy atom. The van der Waals surface area contributed by atoms with Crippen LogP contribution < -0.4 is 0 Å². The van der Waals surface area contributed by atoms with E-state index in [2.05, 4.69) is 0 Å². The van der Waals surface area contributed by atoms with Crippen LogP contribution in [0.15, 0.2) is 0 Å². The molecule has 0 aromatic rings. The first-order valence-corrected chi connectivity index (χ1v) is 7.28. The third-order valence-corrected chi connectivity index (χ3v) is 2.51. The Balaban J connectivity index is 3.80. The number of hydroxylamine groups is 2. The Bertz CT molecular complexity index is 281. The molecule has 0 saturated heterocycles. The van der Waals surface area contributed by atoms with Crippen molar-refractivity contribution in [2.45, 2.75) is 59.3 Å². The normalized spacial score (nSPS) is 10.8. The van der Waals surface area contributed by atoms with Crippen LogP contribution in [0.3, 0.4) is 0 Å². The van der Waals surface area contributed by atoms with Crippen LogP contribution >= 0.6 is 0 Å². The van der Waals surface area contributed by atoms with E-state index in [1.54, 1.807) is 6.92 Å². The number of carboxylic acid groups (broad SMARTS) is 1. The highest BCUT2D eigenvalue weighted by Gasteiger charge is 2.15. The molecule has 0 fully saturated rings. The van der Waals surface area contributed by atoms with E-state index in [-0.39, 0.29) is 12.3 Å². The van der Waals surface area contributed by atoms with Gasteiger partial charge in [-0.3, -0.25) is 9.59 Å². The zero-order valence-electron chi connectivity index (χ0n) is 12.8. The van der Waals surface area contributed by atoms with Gasteiger partial charge < -0.3 is 5.11 Å². The van der Waals surface area contributed by atoms with Gasteiger partial charge >= 0.3 is 5.97 Å². The Hall–Kier alpha value is -1.14.